The van der Waals surface area contributed by atoms with Gasteiger partial charge in [0.15, 0.2) is 5.65 Å². The lowest BCUT2D eigenvalue weighted by atomic mass is 10.2. The number of hydrogen-bond acceptors (Lipinski definition) is 4. The molecule has 2 rings (SSSR count). The van der Waals surface area contributed by atoms with E-state index in [1.807, 2.05) is 22.6 Å². The summed E-state index contributed by atoms with van der Waals surface area (Å²) in [5.74, 6) is -1.08. The maximum atomic E-state index is 13.6. The first-order chi connectivity index (χ1) is 8.11. The predicted octanol–water partition coefficient (Wildman–Crippen LogP) is 1.89. The smallest absolute Gasteiger partial charge is 0.330 e. The van der Waals surface area contributed by atoms with E-state index in [1.165, 1.54) is 19.3 Å². The number of esters is 1. The summed E-state index contributed by atoms with van der Waals surface area (Å²) in [5.41, 5.74) is 0.450. The molecule has 0 aromatic carbocycles. The van der Waals surface area contributed by atoms with Crippen molar-refractivity contribution < 1.29 is 13.9 Å². The Morgan fingerprint density at radius 1 is 1.65 bits per heavy atom. The Kier molecular flexibility index (Phi) is 3.36. The summed E-state index contributed by atoms with van der Waals surface area (Å²) in [6, 6.07) is 1.32. The molecule has 88 valence electrons. The Balaban J connectivity index is 2.44. The van der Waals surface area contributed by atoms with E-state index in [9.17, 15) is 9.18 Å². The number of carbonyl (C=O) groups is 1. The molecule has 1 N–H and O–H groups in total. The largest absolute Gasteiger partial charge is 0.466 e. The minimum Gasteiger partial charge on any atom is -0.466 e. The fourth-order valence-electron chi connectivity index (χ4n) is 1.23. The number of carbonyl (C=O) groups excluding carboxylic acids is 1. The van der Waals surface area contributed by atoms with Gasteiger partial charge in [-0.3, -0.25) is 5.10 Å². The second kappa shape index (κ2) is 4.78. The van der Waals surface area contributed by atoms with E-state index in [2.05, 4.69) is 19.9 Å². The zero-order valence-corrected chi connectivity index (χ0v) is 10.9. The number of nitrogens with zero attached hydrogens (tertiary/aromatic N) is 2. The molecule has 0 aliphatic rings. The molecule has 0 bridgehead atoms. The molecule has 2 aromatic rings. The zero-order valence-electron chi connectivity index (χ0n) is 8.70. The standard InChI is InChI=1S/C10H7FIN3O2/c1-17-8(16)3-2-7-6(11)4-5-9(12)14-15-10(5)13-7/h2-4H,1H3,(H,13,14,15)/b3-2+. The van der Waals surface area contributed by atoms with Crippen LogP contribution < -0.4 is 0 Å². The summed E-state index contributed by atoms with van der Waals surface area (Å²) in [6.45, 7) is 0. The number of pyridine rings is 1. The van der Waals surface area contributed by atoms with Crippen LogP contribution in [0.2, 0.25) is 0 Å². The Bertz CT molecular complexity index is 609. The zero-order chi connectivity index (χ0) is 12.4. The number of ether oxygens (including phenoxy) is 1. The van der Waals surface area contributed by atoms with Crippen LogP contribution >= 0.6 is 22.6 Å². The summed E-state index contributed by atoms with van der Waals surface area (Å²) in [4.78, 5) is 14.9. The molecule has 0 spiro atoms. The molecule has 0 fully saturated rings. The van der Waals surface area contributed by atoms with Gasteiger partial charge in [0.25, 0.3) is 0 Å². The number of fused-ring (bicyclic) bond motifs is 1. The minimum absolute atomic E-state index is 0.0470. The van der Waals surface area contributed by atoms with Crippen molar-refractivity contribution in [1.29, 1.82) is 0 Å². The van der Waals surface area contributed by atoms with Crippen LogP contribution in [0, 0.1) is 9.52 Å². The molecule has 0 aliphatic carbocycles. The van der Waals surface area contributed by atoms with Crippen LogP contribution in [-0.2, 0) is 9.53 Å². The maximum absolute atomic E-state index is 13.6. The van der Waals surface area contributed by atoms with Gasteiger partial charge in [-0.15, -0.1) is 0 Å². The first-order valence-corrected chi connectivity index (χ1v) is 5.66. The van der Waals surface area contributed by atoms with E-state index < -0.39 is 11.8 Å². The lowest BCUT2D eigenvalue weighted by Gasteiger charge is -1.96. The molecule has 0 aliphatic heterocycles. The number of aromatic amines is 1. The summed E-state index contributed by atoms with van der Waals surface area (Å²) < 4.78 is 18.7. The van der Waals surface area contributed by atoms with Crippen LogP contribution in [-0.4, -0.2) is 28.3 Å². The topological polar surface area (TPSA) is 67.9 Å². The average molecular weight is 347 g/mol. The molecule has 17 heavy (non-hydrogen) atoms. The number of H-pyrrole nitrogens is 1. The lowest BCUT2D eigenvalue weighted by Crippen LogP contribution is -1.95. The highest BCUT2D eigenvalue weighted by Gasteiger charge is 2.09. The van der Waals surface area contributed by atoms with E-state index in [1.54, 1.807) is 0 Å². The molecule has 5 nitrogen and oxygen atoms in total. The monoisotopic (exact) mass is 347 g/mol. The molecule has 2 heterocycles. The summed E-state index contributed by atoms with van der Waals surface area (Å²) in [5, 5.41) is 7.22. The normalized spacial score (nSPS) is 11.2. The van der Waals surface area contributed by atoms with Gasteiger partial charge in [0, 0.05) is 6.08 Å². The Hall–Kier alpha value is -1.51. The molecular formula is C10H7FIN3O2. The third-order valence-electron chi connectivity index (χ3n) is 2.06. The summed E-state index contributed by atoms with van der Waals surface area (Å²) in [7, 11) is 1.25. The molecule has 0 saturated carbocycles. The Labute approximate surface area is 109 Å². The number of halogens is 2. The Morgan fingerprint density at radius 3 is 3.12 bits per heavy atom. The van der Waals surface area contributed by atoms with E-state index in [0.717, 1.165) is 6.08 Å². The van der Waals surface area contributed by atoms with Gasteiger partial charge in [0.05, 0.1) is 12.5 Å². The van der Waals surface area contributed by atoms with Crippen LogP contribution in [0.25, 0.3) is 17.1 Å². The van der Waals surface area contributed by atoms with Crippen LogP contribution in [0.4, 0.5) is 4.39 Å². The van der Waals surface area contributed by atoms with Gasteiger partial charge in [-0.2, -0.15) is 5.10 Å². The third-order valence-corrected chi connectivity index (χ3v) is 2.88. The summed E-state index contributed by atoms with van der Waals surface area (Å²) >= 11 is 2.00. The van der Waals surface area contributed by atoms with Crippen LogP contribution in [0.3, 0.4) is 0 Å². The van der Waals surface area contributed by atoms with Gasteiger partial charge in [-0.25, -0.2) is 14.2 Å². The van der Waals surface area contributed by atoms with Crippen LogP contribution in [0.15, 0.2) is 12.1 Å². The fraction of sp³-hybridized carbons (Fsp3) is 0.100. The first kappa shape index (κ1) is 12.0. The number of rotatable bonds is 2. The van der Waals surface area contributed by atoms with Crippen molar-refractivity contribution in [2.75, 3.05) is 7.11 Å². The highest BCUT2D eigenvalue weighted by Crippen LogP contribution is 2.19. The highest BCUT2D eigenvalue weighted by molar-refractivity contribution is 14.1. The number of nitrogens with one attached hydrogen (secondary N) is 1. The number of aromatic nitrogens is 3. The quantitative estimate of drug-likeness (QED) is 0.512. The van der Waals surface area contributed by atoms with Gasteiger partial charge >= 0.3 is 5.97 Å². The lowest BCUT2D eigenvalue weighted by molar-refractivity contribution is -0.134. The molecule has 0 amide bonds. The fourth-order valence-corrected chi connectivity index (χ4v) is 1.75. The molecule has 0 saturated heterocycles. The van der Waals surface area contributed by atoms with E-state index in [-0.39, 0.29) is 5.69 Å². The first-order valence-electron chi connectivity index (χ1n) is 4.58. The number of hydrogen-bond donors (Lipinski definition) is 1. The average Bonchev–Trinajstić information content (AvgIpc) is 2.67. The molecule has 0 atom stereocenters. The number of methoxy groups -OCH3 is 1. The molecule has 7 heteroatoms. The Morgan fingerprint density at radius 2 is 2.41 bits per heavy atom. The van der Waals surface area contributed by atoms with Crippen molar-refractivity contribution >= 4 is 45.7 Å². The molecular weight excluding hydrogens is 340 g/mol. The second-order valence-electron chi connectivity index (χ2n) is 3.12. The van der Waals surface area contributed by atoms with Gasteiger partial charge in [-0.05, 0) is 34.7 Å². The van der Waals surface area contributed by atoms with Crippen molar-refractivity contribution in [3.05, 3.63) is 27.4 Å². The van der Waals surface area contributed by atoms with Gasteiger partial charge < -0.3 is 4.74 Å². The molecule has 0 radical (unpaired) electrons. The third kappa shape index (κ3) is 2.43. The van der Waals surface area contributed by atoms with Gasteiger partial charge in [-0.1, -0.05) is 0 Å². The summed E-state index contributed by atoms with van der Waals surface area (Å²) in [6.07, 6.45) is 2.36. The van der Waals surface area contributed by atoms with Gasteiger partial charge in [0.1, 0.15) is 15.2 Å². The van der Waals surface area contributed by atoms with Crippen molar-refractivity contribution in [3.8, 4) is 0 Å². The van der Waals surface area contributed by atoms with Crippen LogP contribution in [0.1, 0.15) is 5.69 Å². The predicted molar refractivity (Wildman–Crippen MR) is 67.6 cm³/mol. The van der Waals surface area contributed by atoms with E-state index in [4.69, 9.17) is 0 Å². The minimum atomic E-state index is -0.567. The van der Waals surface area contributed by atoms with E-state index >= 15 is 0 Å². The van der Waals surface area contributed by atoms with E-state index in [0.29, 0.717) is 14.7 Å². The van der Waals surface area contributed by atoms with Crippen molar-refractivity contribution in [2.45, 2.75) is 0 Å². The SMILES string of the molecule is COC(=O)/C=C/c1nc2n[nH]c(I)c2cc1F. The second-order valence-corrected chi connectivity index (χ2v) is 4.20. The van der Waals surface area contributed by atoms with Crippen LogP contribution in [0.5, 0.6) is 0 Å². The van der Waals surface area contributed by atoms with Crippen molar-refractivity contribution in [1.82, 2.24) is 15.2 Å². The van der Waals surface area contributed by atoms with Gasteiger partial charge in [0.2, 0.25) is 0 Å². The molecule has 2 aromatic heterocycles. The van der Waals surface area contributed by atoms with Crippen molar-refractivity contribution in [2.24, 2.45) is 0 Å². The maximum Gasteiger partial charge on any atom is 0.330 e. The highest BCUT2D eigenvalue weighted by atomic mass is 127. The van der Waals surface area contributed by atoms with Crippen molar-refractivity contribution in [3.63, 3.8) is 0 Å². The molecule has 0 unspecified atom stereocenters.